The number of aryl methyl sites for hydroxylation is 1. The van der Waals surface area contributed by atoms with Crippen molar-refractivity contribution in [2.45, 2.75) is 44.4 Å². The fraction of sp³-hybridized carbons (Fsp3) is 0.654. The second-order valence-electron chi connectivity index (χ2n) is 11.0. The van der Waals surface area contributed by atoms with Gasteiger partial charge in [0.1, 0.15) is 0 Å². The van der Waals surface area contributed by atoms with E-state index in [0.717, 1.165) is 48.7 Å². The number of anilines is 1. The molecule has 1 spiro atoms. The number of nitrogens with zero attached hydrogens (tertiary/aromatic N) is 4. The predicted molar refractivity (Wildman–Crippen MR) is 132 cm³/mol. The van der Waals surface area contributed by atoms with Gasteiger partial charge in [-0.15, -0.1) is 0 Å². The van der Waals surface area contributed by atoms with Gasteiger partial charge in [0, 0.05) is 70.1 Å². The second kappa shape index (κ2) is 8.64. The van der Waals surface area contributed by atoms with Gasteiger partial charge >= 0.3 is 0 Å². The van der Waals surface area contributed by atoms with Crippen molar-refractivity contribution < 1.29 is 9.59 Å². The maximum atomic E-state index is 12.5. The second-order valence-corrected chi connectivity index (χ2v) is 11.0. The Labute approximate surface area is 201 Å². The van der Waals surface area contributed by atoms with Gasteiger partial charge in [-0.2, -0.15) is 5.10 Å². The van der Waals surface area contributed by atoms with Crippen molar-refractivity contribution in [3.8, 4) is 0 Å². The van der Waals surface area contributed by atoms with E-state index >= 15 is 0 Å². The molecule has 1 unspecified atom stereocenters. The molecule has 4 aliphatic rings. The van der Waals surface area contributed by atoms with Gasteiger partial charge in [-0.25, -0.2) is 0 Å². The highest BCUT2D eigenvalue weighted by atomic mass is 16.2. The van der Waals surface area contributed by atoms with Crippen LogP contribution in [0.15, 0.2) is 18.2 Å². The average molecular weight is 465 g/mol. The van der Waals surface area contributed by atoms with Crippen LogP contribution in [0, 0.1) is 11.3 Å². The summed E-state index contributed by atoms with van der Waals surface area (Å²) in [7, 11) is 1.97. The zero-order valence-electron chi connectivity index (χ0n) is 20.2. The van der Waals surface area contributed by atoms with Gasteiger partial charge in [0.05, 0.1) is 22.8 Å². The smallest absolute Gasteiger partial charge is 0.235 e. The molecule has 4 fully saturated rings. The van der Waals surface area contributed by atoms with Crippen LogP contribution in [-0.4, -0.2) is 72.3 Å². The number of piperazine rings is 1. The molecule has 3 aliphatic heterocycles. The monoisotopic (exact) mass is 464 g/mol. The Morgan fingerprint density at radius 1 is 1.09 bits per heavy atom. The number of hydrogen-bond donors (Lipinski definition) is 2. The minimum absolute atomic E-state index is 0.185. The van der Waals surface area contributed by atoms with Crippen LogP contribution < -0.4 is 15.5 Å². The van der Waals surface area contributed by atoms with E-state index in [2.05, 4.69) is 38.6 Å². The molecule has 182 valence electrons. The van der Waals surface area contributed by atoms with Gasteiger partial charge in [-0.05, 0) is 44.1 Å². The lowest BCUT2D eigenvalue weighted by molar-refractivity contribution is -0.134. The molecule has 1 saturated carbocycles. The van der Waals surface area contributed by atoms with E-state index in [-0.39, 0.29) is 17.7 Å². The molecular formula is C26H36N6O2. The number of nitrogens with one attached hydrogen (secondary N) is 2. The van der Waals surface area contributed by atoms with Crippen LogP contribution >= 0.6 is 0 Å². The maximum Gasteiger partial charge on any atom is 0.235 e. The van der Waals surface area contributed by atoms with E-state index < -0.39 is 0 Å². The van der Waals surface area contributed by atoms with Crippen LogP contribution in [0.2, 0.25) is 0 Å². The standard InChI is InChI=1S/C26H36N6O2/c1-30-24-19(23(29-30)20-5-6-22(33)28-25(20)34)3-2-4-21(24)32-16-26(17-32)9-7-18(8-10-26)15-31-13-11-27-12-14-31/h2-4,18,20,27H,5-17H2,1H3,(H,28,33,34). The van der Waals surface area contributed by atoms with Crippen LogP contribution in [0.5, 0.6) is 0 Å². The first-order chi connectivity index (χ1) is 16.5. The fourth-order valence-electron chi connectivity index (χ4n) is 6.79. The van der Waals surface area contributed by atoms with Crippen molar-refractivity contribution in [2.24, 2.45) is 18.4 Å². The number of amides is 2. The topological polar surface area (TPSA) is 82.5 Å². The molecule has 8 heteroatoms. The summed E-state index contributed by atoms with van der Waals surface area (Å²) >= 11 is 0. The van der Waals surface area contributed by atoms with Gasteiger partial charge in [-0.1, -0.05) is 12.1 Å². The van der Waals surface area contributed by atoms with Gasteiger partial charge in [0.15, 0.2) is 0 Å². The number of para-hydroxylation sites is 1. The van der Waals surface area contributed by atoms with E-state index in [4.69, 9.17) is 5.10 Å². The Balaban J connectivity index is 1.14. The van der Waals surface area contributed by atoms with Gasteiger partial charge in [0.25, 0.3) is 0 Å². The van der Waals surface area contributed by atoms with Crippen molar-refractivity contribution in [1.82, 2.24) is 25.3 Å². The van der Waals surface area contributed by atoms with E-state index in [9.17, 15) is 9.59 Å². The number of imide groups is 1. The Morgan fingerprint density at radius 3 is 2.59 bits per heavy atom. The van der Waals surface area contributed by atoms with Crippen LogP contribution in [0.3, 0.4) is 0 Å². The molecule has 2 amide bonds. The summed E-state index contributed by atoms with van der Waals surface area (Å²) in [5.41, 5.74) is 3.59. The quantitative estimate of drug-likeness (QED) is 0.674. The van der Waals surface area contributed by atoms with Crippen LogP contribution in [0.4, 0.5) is 5.69 Å². The molecular weight excluding hydrogens is 428 g/mol. The zero-order valence-corrected chi connectivity index (χ0v) is 20.2. The van der Waals surface area contributed by atoms with Crippen LogP contribution in [0.1, 0.15) is 50.1 Å². The lowest BCUT2D eigenvalue weighted by atomic mass is 9.65. The first kappa shape index (κ1) is 22.0. The summed E-state index contributed by atoms with van der Waals surface area (Å²) in [6.07, 6.45) is 6.29. The summed E-state index contributed by atoms with van der Waals surface area (Å²) in [5, 5.41) is 11.7. The highest BCUT2D eigenvalue weighted by molar-refractivity contribution is 6.03. The van der Waals surface area contributed by atoms with E-state index in [1.54, 1.807) is 0 Å². The zero-order chi connectivity index (χ0) is 23.3. The first-order valence-corrected chi connectivity index (χ1v) is 13.0. The Kier molecular flexibility index (Phi) is 5.60. The largest absolute Gasteiger partial charge is 0.369 e. The number of aromatic nitrogens is 2. The van der Waals surface area contributed by atoms with E-state index in [1.807, 2.05) is 11.7 Å². The summed E-state index contributed by atoms with van der Waals surface area (Å²) in [6, 6.07) is 6.35. The number of benzene rings is 1. The SMILES string of the molecule is Cn1nc(C2CCC(=O)NC2=O)c2cccc(N3CC4(CCC(CN5CCNCC5)CC4)C3)c21. The Morgan fingerprint density at radius 2 is 1.85 bits per heavy atom. The third kappa shape index (κ3) is 3.90. The van der Waals surface area contributed by atoms with Crippen molar-refractivity contribution in [1.29, 1.82) is 0 Å². The molecule has 0 radical (unpaired) electrons. The minimum Gasteiger partial charge on any atom is -0.369 e. The lowest BCUT2D eigenvalue weighted by Crippen LogP contribution is -2.58. The van der Waals surface area contributed by atoms with E-state index in [1.165, 1.54) is 51.0 Å². The number of fused-ring (bicyclic) bond motifs is 1. The number of carbonyl (C=O) groups is 2. The third-order valence-electron chi connectivity index (χ3n) is 8.73. The van der Waals surface area contributed by atoms with Crippen LogP contribution in [-0.2, 0) is 16.6 Å². The van der Waals surface area contributed by atoms with Crippen LogP contribution in [0.25, 0.3) is 10.9 Å². The van der Waals surface area contributed by atoms with Crippen molar-refractivity contribution in [2.75, 3.05) is 50.7 Å². The summed E-state index contributed by atoms with van der Waals surface area (Å²) < 4.78 is 1.93. The average Bonchev–Trinajstić information content (AvgIpc) is 3.15. The highest BCUT2D eigenvalue weighted by Gasteiger charge is 2.46. The van der Waals surface area contributed by atoms with Crippen molar-refractivity contribution in [3.05, 3.63) is 23.9 Å². The number of piperidine rings is 1. The molecule has 4 heterocycles. The highest BCUT2D eigenvalue weighted by Crippen LogP contribution is 2.48. The molecule has 1 aliphatic carbocycles. The molecule has 8 nitrogen and oxygen atoms in total. The van der Waals surface area contributed by atoms with Gasteiger partial charge < -0.3 is 15.1 Å². The molecule has 2 N–H and O–H groups in total. The molecule has 1 aromatic carbocycles. The number of carbonyl (C=O) groups excluding carboxylic acids is 2. The molecule has 1 aromatic heterocycles. The summed E-state index contributed by atoms with van der Waals surface area (Å²) in [5.74, 6) is 0.0950. The van der Waals surface area contributed by atoms with Crippen molar-refractivity contribution >= 4 is 28.4 Å². The molecule has 1 atom stereocenters. The summed E-state index contributed by atoms with van der Waals surface area (Å²) in [6.45, 7) is 8.18. The number of rotatable bonds is 4. The van der Waals surface area contributed by atoms with Gasteiger partial charge in [0.2, 0.25) is 11.8 Å². The summed E-state index contributed by atoms with van der Waals surface area (Å²) in [4.78, 5) is 29.3. The molecule has 34 heavy (non-hydrogen) atoms. The van der Waals surface area contributed by atoms with E-state index in [0.29, 0.717) is 18.3 Å². The maximum absolute atomic E-state index is 12.5. The predicted octanol–water partition coefficient (Wildman–Crippen LogP) is 2.00. The van der Waals surface area contributed by atoms with Gasteiger partial charge in [-0.3, -0.25) is 19.6 Å². The van der Waals surface area contributed by atoms with Crippen molar-refractivity contribution in [3.63, 3.8) is 0 Å². The first-order valence-electron chi connectivity index (χ1n) is 13.0. The Bertz CT molecular complexity index is 1090. The third-order valence-corrected chi connectivity index (χ3v) is 8.73. The fourth-order valence-corrected chi connectivity index (χ4v) is 6.79. The molecule has 2 aromatic rings. The molecule has 0 bridgehead atoms. The molecule has 3 saturated heterocycles. The minimum atomic E-state index is -0.356. The molecule has 6 rings (SSSR count). The lowest BCUT2D eigenvalue weighted by Gasteiger charge is -2.55. The normalized spacial score (nSPS) is 26.1. The Hall–Kier alpha value is -2.45. The number of hydrogen-bond acceptors (Lipinski definition) is 6.